The fourth-order valence-electron chi connectivity index (χ4n) is 1.27. The van der Waals surface area contributed by atoms with Crippen LogP contribution >= 0.6 is 24.0 Å². The van der Waals surface area contributed by atoms with Gasteiger partial charge >= 0.3 is 0 Å². The van der Waals surface area contributed by atoms with Gasteiger partial charge in [0.25, 0.3) is 0 Å². The highest BCUT2D eigenvalue weighted by Gasteiger charge is 2.03. The number of hydrogen-bond acceptors (Lipinski definition) is 2. The lowest BCUT2D eigenvalue weighted by Gasteiger charge is -2.21. The van der Waals surface area contributed by atoms with Crippen LogP contribution in [0, 0.1) is 0 Å². The molecule has 4 nitrogen and oxygen atoms in total. The van der Waals surface area contributed by atoms with Crippen LogP contribution in [0.25, 0.3) is 0 Å². The lowest BCUT2D eigenvalue weighted by molar-refractivity contribution is 0.152. The molecule has 0 spiro atoms. The molecule has 0 atom stereocenters. The smallest absolute Gasteiger partial charge is 0.193 e. The Labute approximate surface area is 117 Å². The predicted octanol–water partition coefficient (Wildman–Crippen LogP) is 1.95. The molecule has 0 saturated heterocycles. The molecular weight excluding hydrogens is 317 g/mol. The van der Waals surface area contributed by atoms with Crippen LogP contribution in [0.1, 0.15) is 26.7 Å². The molecular formula is C11H26IN3O. The van der Waals surface area contributed by atoms with Gasteiger partial charge in [-0.15, -0.1) is 24.0 Å². The van der Waals surface area contributed by atoms with Crippen molar-refractivity contribution in [2.75, 3.05) is 40.4 Å². The maximum Gasteiger partial charge on any atom is 0.193 e. The summed E-state index contributed by atoms with van der Waals surface area (Å²) in [5.74, 6) is 0.947. The van der Waals surface area contributed by atoms with Gasteiger partial charge in [-0.1, -0.05) is 13.3 Å². The summed E-state index contributed by atoms with van der Waals surface area (Å²) in [4.78, 5) is 6.36. The number of guanidine groups is 1. The highest BCUT2D eigenvalue weighted by atomic mass is 127. The SMILES string of the molecule is CCCCN(C)C(=NC)NCCOCC.I. The lowest BCUT2D eigenvalue weighted by Crippen LogP contribution is -2.40. The average molecular weight is 343 g/mol. The number of halogens is 1. The maximum atomic E-state index is 5.25. The summed E-state index contributed by atoms with van der Waals surface area (Å²) in [6, 6.07) is 0. The van der Waals surface area contributed by atoms with Crippen molar-refractivity contribution in [2.24, 2.45) is 4.99 Å². The van der Waals surface area contributed by atoms with Crippen LogP contribution in [0.2, 0.25) is 0 Å². The molecule has 0 aromatic carbocycles. The molecule has 0 aromatic heterocycles. The van der Waals surface area contributed by atoms with Gasteiger partial charge in [0.15, 0.2) is 5.96 Å². The van der Waals surface area contributed by atoms with E-state index in [0.717, 1.165) is 32.3 Å². The van der Waals surface area contributed by atoms with E-state index in [9.17, 15) is 0 Å². The Morgan fingerprint density at radius 2 is 2.06 bits per heavy atom. The quantitative estimate of drug-likeness (QED) is 0.332. The molecule has 98 valence electrons. The van der Waals surface area contributed by atoms with Crippen molar-refractivity contribution >= 4 is 29.9 Å². The molecule has 0 rings (SSSR count). The maximum absolute atomic E-state index is 5.25. The molecule has 0 heterocycles. The van der Waals surface area contributed by atoms with Crippen molar-refractivity contribution < 1.29 is 4.74 Å². The number of hydrogen-bond donors (Lipinski definition) is 1. The van der Waals surface area contributed by atoms with Gasteiger partial charge < -0.3 is 15.0 Å². The summed E-state index contributed by atoms with van der Waals surface area (Å²) >= 11 is 0. The van der Waals surface area contributed by atoms with Gasteiger partial charge in [0.1, 0.15) is 0 Å². The summed E-state index contributed by atoms with van der Waals surface area (Å²) in [5, 5.41) is 3.26. The molecule has 0 aliphatic carbocycles. The third kappa shape index (κ3) is 9.21. The first-order valence-electron chi connectivity index (χ1n) is 5.75. The Kier molecular flexibility index (Phi) is 14.9. The Morgan fingerprint density at radius 1 is 1.38 bits per heavy atom. The van der Waals surface area contributed by atoms with Crippen molar-refractivity contribution in [1.29, 1.82) is 0 Å². The zero-order valence-corrected chi connectivity index (χ0v) is 13.3. The number of ether oxygens (including phenoxy) is 1. The fourth-order valence-corrected chi connectivity index (χ4v) is 1.27. The van der Waals surface area contributed by atoms with E-state index in [1.807, 2.05) is 14.0 Å². The van der Waals surface area contributed by atoms with Crippen LogP contribution in [-0.4, -0.2) is 51.3 Å². The van der Waals surface area contributed by atoms with Gasteiger partial charge in [0, 0.05) is 33.8 Å². The van der Waals surface area contributed by atoms with E-state index in [4.69, 9.17) is 4.74 Å². The number of unbranched alkanes of at least 4 members (excludes halogenated alkanes) is 1. The first-order chi connectivity index (χ1) is 7.26. The second-order valence-corrected chi connectivity index (χ2v) is 3.45. The largest absolute Gasteiger partial charge is 0.380 e. The Morgan fingerprint density at radius 3 is 2.56 bits per heavy atom. The third-order valence-corrected chi connectivity index (χ3v) is 2.15. The summed E-state index contributed by atoms with van der Waals surface area (Å²) in [7, 11) is 3.87. The normalized spacial score (nSPS) is 10.9. The Bertz CT molecular complexity index is 177. The van der Waals surface area contributed by atoms with E-state index in [1.54, 1.807) is 0 Å². The second-order valence-electron chi connectivity index (χ2n) is 3.45. The summed E-state index contributed by atoms with van der Waals surface area (Å²) in [6.07, 6.45) is 2.41. The van der Waals surface area contributed by atoms with E-state index in [1.165, 1.54) is 12.8 Å². The van der Waals surface area contributed by atoms with Gasteiger partial charge in [-0.05, 0) is 13.3 Å². The highest BCUT2D eigenvalue weighted by molar-refractivity contribution is 14.0. The molecule has 0 radical (unpaired) electrons. The minimum atomic E-state index is 0. The minimum absolute atomic E-state index is 0. The van der Waals surface area contributed by atoms with Crippen molar-refractivity contribution in [3.63, 3.8) is 0 Å². The van der Waals surface area contributed by atoms with Gasteiger partial charge in [-0.25, -0.2) is 0 Å². The number of nitrogens with zero attached hydrogens (tertiary/aromatic N) is 2. The van der Waals surface area contributed by atoms with E-state index in [2.05, 4.69) is 29.2 Å². The molecule has 0 aromatic rings. The molecule has 0 aliphatic rings. The second kappa shape index (κ2) is 13.0. The Balaban J connectivity index is 0. The summed E-state index contributed by atoms with van der Waals surface area (Å²) < 4.78 is 5.25. The molecule has 0 fully saturated rings. The van der Waals surface area contributed by atoms with Gasteiger partial charge in [0.2, 0.25) is 0 Å². The number of nitrogens with one attached hydrogen (secondary N) is 1. The van der Waals surface area contributed by atoms with Crippen LogP contribution in [0.15, 0.2) is 4.99 Å². The zero-order chi connectivity index (χ0) is 11.5. The topological polar surface area (TPSA) is 36.9 Å². The molecule has 0 aliphatic heterocycles. The van der Waals surface area contributed by atoms with Crippen molar-refractivity contribution in [3.05, 3.63) is 0 Å². The molecule has 0 saturated carbocycles. The lowest BCUT2D eigenvalue weighted by atomic mass is 10.3. The summed E-state index contributed by atoms with van der Waals surface area (Å²) in [5.41, 5.74) is 0. The Hall–Kier alpha value is -0.0400. The molecule has 16 heavy (non-hydrogen) atoms. The van der Waals surface area contributed by atoms with Crippen molar-refractivity contribution in [1.82, 2.24) is 10.2 Å². The van der Waals surface area contributed by atoms with Crippen LogP contribution in [-0.2, 0) is 4.74 Å². The monoisotopic (exact) mass is 343 g/mol. The highest BCUT2D eigenvalue weighted by Crippen LogP contribution is 1.92. The van der Waals surface area contributed by atoms with Crippen molar-refractivity contribution in [3.8, 4) is 0 Å². The third-order valence-electron chi connectivity index (χ3n) is 2.15. The van der Waals surface area contributed by atoms with Crippen LogP contribution < -0.4 is 5.32 Å². The average Bonchev–Trinajstić information content (AvgIpc) is 2.26. The zero-order valence-electron chi connectivity index (χ0n) is 11.0. The predicted molar refractivity (Wildman–Crippen MR) is 80.8 cm³/mol. The standard InChI is InChI=1S/C11H25N3O.HI/c1-5-7-9-14(4)11(12-3)13-8-10-15-6-2;/h5-10H2,1-4H3,(H,12,13);1H. The van der Waals surface area contributed by atoms with Gasteiger partial charge in [-0.3, -0.25) is 4.99 Å². The van der Waals surface area contributed by atoms with E-state index < -0.39 is 0 Å². The first kappa shape index (κ1) is 18.3. The molecule has 0 bridgehead atoms. The van der Waals surface area contributed by atoms with Crippen LogP contribution in [0.3, 0.4) is 0 Å². The van der Waals surface area contributed by atoms with E-state index in [-0.39, 0.29) is 24.0 Å². The molecule has 1 N–H and O–H groups in total. The van der Waals surface area contributed by atoms with Crippen molar-refractivity contribution in [2.45, 2.75) is 26.7 Å². The molecule has 0 amide bonds. The van der Waals surface area contributed by atoms with Crippen LogP contribution in [0.5, 0.6) is 0 Å². The first-order valence-corrected chi connectivity index (χ1v) is 5.75. The van der Waals surface area contributed by atoms with Crippen LogP contribution in [0.4, 0.5) is 0 Å². The van der Waals surface area contributed by atoms with Gasteiger partial charge in [-0.2, -0.15) is 0 Å². The number of aliphatic imine (C=N–C) groups is 1. The van der Waals surface area contributed by atoms with E-state index in [0.29, 0.717) is 0 Å². The molecule has 0 unspecified atom stereocenters. The van der Waals surface area contributed by atoms with E-state index >= 15 is 0 Å². The number of rotatable bonds is 7. The minimum Gasteiger partial charge on any atom is -0.380 e. The fraction of sp³-hybridized carbons (Fsp3) is 0.909. The molecule has 5 heteroatoms. The van der Waals surface area contributed by atoms with Gasteiger partial charge in [0.05, 0.1) is 6.61 Å². The summed E-state index contributed by atoms with van der Waals surface area (Å²) in [6.45, 7) is 7.56.